The van der Waals surface area contributed by atoms with Gasteiger partial charge < -0.3 is 5.32 Å². The Bertz CT molecular complexity index is 511. The van der Waals surface area contributed by atoms with Crippen molar-refractivity contribution < 1.29 is 9.15 Å². The molecule has 1 N–H and O–H groups in total. The first-order valence-electron chi connectivity index (χ1n) is 4.33. The third kappa shape index (κ3) is 1.49. The topological polar surface area (TPSA) is 99.0 Å². The molecule has 2 heterocycles. The molecule has 2 rings (SSSR count). The van der Waals surface area contributed by atoms with Crippen LogP contribution in [0.5, 0.6) is 0 Å². The van der Waals surface area contributed by atoms with E-state index in [0.717, 1.165) is 0 Å². The summed E-state index contributed by atoms with van der Waals surface area (Å²) in [4.78, 5) is 11.0. The summed E-state index contributed by atoms with van der Waals surface area (Å²) in [6.07, 6.45) is 0. The van der Waals surface area contributed by atoms with E-state index >= 15 is 0 Å². The molecule has 8 heteroatoms. The predicted molar refractivity (Wildman–Crippen MR) is 49.2 cm³/mol. The fourth-order valence-electron chi connectivity index (χ4n) is 1.11. The van der Waals surface area contributed by atoms with Crippen LogP contribution >= 0.6 is 0 Å². The summed E-state index contributed by atoms with van der Waals surface area (Å²) < 4.78 is 10.3. The molecule has 0 aliphatic heterocycles. The zero-order valence-electron chi connectivity index (χ0n) is 8.22. The van der Waals surface area contributed by atoms with Crippen molar-refractivity contribution in [3.63, 3.8) is 0 Å². The van der Waals surface area contributed by atoms with Crippen LogP contribution in [0, 0.1) is 0 Å². The van der Waals surface area contributed by atoms with Gasteiger partial charge in [0.1, 0.15) is 0 Å². The van der Waals surface area contributed by atoms with Gasteiger partial charge in [0, 0.05) is 13.6 Å². The molecule has 0 aromatic carbocycles. The lowest BCUT2D eigenvalue weighted by Crippen LogP contribution is -2.11. The van der Waals surface area contributed by atoms with Crippen LogP contribution in [0.1, 0.15) is 6.92 Å². The first-order chi connectivity index (χ1) is 7.24. The second-order valence-corrected chi connectivity index (χ2v) is 2.82. The van der Waals surface area contributed by atoms with Crippen LogP contribution in [-0.4, -0.2) is 26.6 Å². The standard InChI is InChI=1S/C7H9N5O3/c1-3-8-5-4(9-15-10-5)6-11-14-7(13)12(6)2/h3H2,1-2H3,(H,8,10). The minimum absolute atomic E-state index is 0.275. The van der Waals surface area contributed by atoms with Crippen molar-refractivity contribution in [3.05, 3.63) is 10.6 Å². The fraction of sp³-hybridized carbons (Fsp3) is 0.429. The molecule has 0 saturated heterocycles. The SMILES string of the molecule is CCNc1nonc1-c1noc(=O)n1C. The van der Waals surface area contributed by atoms with Gasteiger partial charge in [0.15, 0.2) is 5.69 Å². The van der Waals surface area contributed by atoms with Crippen molar-refractivity contribution in [1.82, 2.24) is 20.0 Å². The Morgan fingerprint density at radius 1 is 1.40 bits per heavy atom. The zero-order valence-corrected chi connectivity index (χ0v) is 8.22. The molecular formula is C7H9N5O3. The molecule has 0 unspecified atom stereocenters. The van der Waals surface area contributed by atoms with Crippen LogP contribution in [0.4, 0.5) is 5.82 Å². The van der Waals surface area contributed by atoms with E-state index in [1.807, 2.05) is 6.92 Å². The smallest absolute Gasteiger partial charge is 0.366 e. The molecule has 2 aromatic rings. The monoisotopic (exact) mass is 211 g/mol. The molecule has 0 radical (unpaired) electrons. The van der Waals surface area contributed by atoms with E-state index < -0.39 is 5.76 Å². The highest BCUT2D eigenvalue weighted by atomic mass is 16.6. The first kappa shape index (κ1) is 9.44. The maximum Gasteiger partial charge on any atom is 0.441 e. The summed E-state index contributed by atoms with van der Waals surface area (Å²) in [5.74, 6) is 0.147. The molecule has 0 fully saturated rings. The molecule has 80 valence electrons. The van der Waals surface area contributed by atoms with Gasteiger partial charge in [-0.3, -0.25) is 9.09 Å². The molecule has 0 aliphatic carbocycles. The summed E-state index contributed by atoms with van der Waals surface area (Å²) in [5.41, 5.74) is 0.352. The minimum atomic E-state index is -0.560. The third-order valence-corrected chi connectivity index (χ3v) is 1.85. The Morgan fingerprint density at radius 3 is 2.80 bits per heavy atom. The molecule has 0 atom stereocenters. The molecule has 2 aromatic heterocycles. The number of aromatic nitrogens is 4. The van der Waals surface area contributed by atoms with Gasteiger partial charge in [-0.1, -0.05) is 5.16 Å². The predicted octanol–water partition coefficient (Wildman–Crippen LogP) is -0.145. The Morgan fingerprint density at radius 2 is 2.20 bits per heavy atom. The molecule has 8 nitrogen and oxygen atoms in total. The van der Waals surface area contributed by atoms with Crippen molar-refractivity contribution in [2.24, 2.45) is 7.05 Å². The van der Waals surface area contributed by atoms with Gasteiger partial charge in [-0.25, -0.2) is 9.42 Å². The molecule has 0 amide bonds. The van der Waals surface area contributed by atoms with Crippen molar-refractivity contribution in [2.75, 3.05) is 11.9 Å². The lowest BCUT2D eigenvalue weighted by molar-refractivity contribution is 0.309. The second-order valence-electron chi connectivity index (χ2n) is 2.82. The Kier molecular flexibility index (Phi) is 2.24. The van der Waals surface area contributed by atoms with Gasteiger partial charge in [0.2, 0.25) is 11.6 Å². The van der Waals surface area contributed by atoms with Crippen LogP contribution in [0.3, 0.4) is 0 Å². The summed E-state index contributed by atoms with van der Waals surface area (Å²) >= 11 is 0. The highest BCUT2D eigenvalue weighted by molar-refractivity contribution is 5.64. The van der Waals surface area contributed by atoms with Crippen LogP contribution in [0.2, 0.25) is 0 Å². The molecule has 15 heavy (non-hydrogen) atoms. The molecular weight excluding hydrogens is 202 g/mol. The van der Waals surface area contributed by atoms with E-state index in [9.17, 15) is 4.79 Å². The lowest BCUT2D eigenvalue weighted by atomic mass is 10.4. The minimum Gasteiger partial charge on any atom is -0.366 e. The van der Waals surface area contributed by atoms with Crippen molar-refractivity contribution in [1.29, 1.82) is 0 Å². The Balaban J connectivity index is 2.49. The van der Waals surface area contributed by atoms with Gasteiger partial charge in [0.25, 0.3) is 0 Å². The summed E-state index contributed by atoms with van der Waals surface area (Å²) in [5, 5.41) is 13.8. The molecule has 0 aliphatic rings. The van der Waals surface area contributed by atoms with Crippen LogP contribution < -0.4 is 11.1 Å². The van der Waals surface area contributed by atoms with E-state index in [2.05, 4.69) is 29.9 Å². The van der Waals surface area contributed by atoms with Crippen molar-refractivity contribution in [3.8, 4) is 11.5 Å². The highest BCUT2D eigenvalue weighted by Gasteiger charge is 2.18. The fourth-order valence-corrected chi connectivity index (χ4v) is 1.11. The maximum atomic E-state index is 11.0. The Hall–Kier alpha value is -2.12. The molecule has 0 saturated carbocycles. The summed E-state index contributed by atoms with van der Waals surface area (Å²) in [6, 6.07) is 0. The summed E-state index contributed by atoms with van der Waals surface area (Å²) in [7, 11) is 1.53. The van der Waals surface area contributed by atoms with Crippen LogP contribution in [0.15, 0.2) is 13.9 Å². The third-order valence-electron chi connectivity index (χ3n) is 1.85. The first-order valence-corrected chi connectivity index (χ1v) is 4.33. The number of rotatable bonds is 3. The van der Waals surface area contributed by atoms with Gasteiger partial charge in [-0.15, -0.1) is 0 Å². The van der Waals surface area contributed by atoms with E-state index in [1.165, 1.54) is 11.6 Å². The normalized spacial score (nSPS) is 10.5. The number of nitrogens with one attached hydrogen (secondary N) is 1. The Labute approximate surface area is 83.8 Å². The number of hydrogen-bond donors (Lipinski definition) is 1. The van der Waals surface area contributed by atoms with E-state index in [1.54, 1.807) is 0 Å². The van der Waals surface area contributed by atoms with Crippen molar-refractivity contribution >= 4 is 5.82 Å². The van der Waals surface area contributed by atoms with Gasteiger partial charge >= 0.3 is 5.76 Å². The van der Waals surface area contributed by atoms with E-state index in [0.29, 0.717) is 18.1 Å². The van der Waals surface area contributed by atoms with Gasteiger partial charge in [-0.2, -0.15) is 0 Å². The number of anilines is 1. The zero-order chi connectivity index (χ0) is 10.8. The van der Waals surface area contributed by atoms with E-state index in [-0.39, 0.29) is 5.82 Å². The van der Waals surface area contributed by atoms with Crippen LogP contribution in [0.25, 0.3) is 11.5 Å². The highest BCUT2D eigenvalue weighted by Crippen LogP contribution is 2.20. The molecule has 0 spiro atoms. The van der Waals surface area contributed by atoms with Crippen LogP contribution in [-0.2, 0) is 7.05 Å². The average molecular weight is 211 g/mol. The maximum absolute atomic E-state index is 11.0. The van der Waals surface area contributed by atoms with Gasteiger partial charge in [-0.05, 0) is 17.2 Å². The largest absolute Gasteiger partial charge is 0.441 e. The quantitative estimate of drug-likeness (QED) is 0.753. The lowest BCUT2D eigenvalue weighted by Gasteiger charge is -1.97. The van der Waals surface area contributed by atoms with E-state index in [4.69, 9.17) is 0 Å². The second kappa shape index (κ2) is 3.56. The van der Waals surface area contributed by atoms with Crippen molar-refractivity contribution in [2.45, 2.75) is 6.92 Å². The average Bonchev–Trinajstić information content (AvgIpc) is 2.77. The summed E-state index contributed by atoms with van der Waals surface area (Å²) in [6.45, 7) is 2.56. The number of hydrogen-bond acceptors (Lipinski definition) is 7. The van der Waals surface area contributed by atoms with Gasteiger partial charge in [0.05, 0.1) is 0 Å². The molecule has 0 bridgehead atoms. The number of nitrogens with zero attached hydrogens (tertiary/aromatic N) is 4.